The second-order valence-electron chi connectivity index (χ2n) is 7.57. The smallest absolute Gasteiger partial charge is 0.250 e. The summed E-state index contributed by atoms with van der Waals surface area (Å²) in [6, 6.07) is 15.6. The van der Waals surface area contributed by atoms with Gasteiger partial charge in [-0.1, -0.05) is 36.4 Å². The molecule has 1 aromatic carbocycles. The fourth-order valence-electron chi connectivity index (χ4n) is 4.38. The SMILES string of the molecule is O=c1cccc2n1CC1CC2CN(CC(O)COCc2ccccc2)C1. The van der Waals surface area contributed by atoms with Crippen LogP contribution >= 0.6 is 0 Å². The van der Waals surface area contributed by atoms with Crippen molar-refractivity contribution in [2.75, 3.05) is 26.2 Å². The second kappa shape index (κ2) is 7.74. The van der Waals surface area contributed by atoms with Crippen LogP contribution in [-0.2, 0) is 17.9 Å². The maximum Gasteiger partial charge on any atom is 0.250 e. The Balaban J connectivity index is 1.30. The molecule has 138 valence electrons. The highest BCUT2D eigenvalue weighted by molar-refractivity contribution is 5.17. The minimum absolute atomic E-state index is 0.111. The van der Waals surface area contributed by atoms with Crippen LogP contribution in [-0.4, -0.2) is 46.9 Å². The molecule has 2 aliphatic rings. The van der Waals surface area contributed by atoms with Gasteiger partial charge in [0.25, 0.3) is 5.56 Å². The van der Waals surface area contributed by atoms with Crippen molar-refractivity contribution in [2.45, 2.75) is 31.6 Å². The molecule has 2 bridgehead atoms. The summed E-state index contributed by atoms with van der Waals surface area (Å²) in [4.78, 5) is 14.4. The van der Waals surface area contributed by atoms with Gasteiger partial charge in [-0.3, -0.25) is 9.69 Å². The largest absolute Gasteiger partial charge is 0.389 e. The average Bonchev–Trinajstić information content (AvgIpc) is 2.63. The predicted molar refractivity (Wildman–Crippen MR) is 100 cm³/mol. The number of ether oxygens (including phenoxy) is 1. The number of piperidine rings is 1. The molecule has 1 N–H and O–H groups in total. The molecule has 5 nitrogen and oxygen atoms in total. The van der Waals surface area contributed by atoms with Crippen LogP contribution < -0.4 is 5.56 Å². The quantitative estimate of drug-likeness (QED) is 0.860. The summed E-state index contributed by atoms with van der Waals surface area (Å²) in [7, 11) is 0. The van der Waals surface area contributed by atoms with E-state index < -0.39 is 6.10 Å². The molecule has 4 rings (SSSR count). The third-order valence-electron chi connectivity index (χ3n) is 5.45. The lowest BCUT2D eigenvalue weighted by Crippen LogP contribution is -2.49. The first kappa shape index (κ1) is 17.5. The Bertz CT molecular complexity index is 789. The van der Waals surface area contributed by atoms with Crippen LogP contribution in [0.2, 0.25) is 0 Å². The van der Waals surface area contributed by atoms with Gasteiger partial charge in [0.2, 0.25) is 0 Å². The van der Waals surface area contributed by atoms with E-state index in [1.807, 2.05) is 41.0 Å². The number of rotatable bonds is 6. The van der Waals surface area contributed by atoms with E-state index in [4.69, 9.17) is 4.74 Å². The van der Waals surface area contributed by atoms with Crippen molar-refractivity contribution in [1.82, 2.24) is 9.47 Å². The van der Waals surface area contributed by atoms with Gasteiger partial charge in [-0.25, -0.2) is 0 Å². The molecule has 1 fully saturated rings. The minimum atomic E-state index is -0.490. The van der Waals surface area contributed by atoms with Crippen LogP contribution in [0.5, 0.6) is 0 Å². The van der Waals surface area contributed by atoms with Crippen LogP contribution in [0.1, 0.15) is 23.6 Å². The zero-order valence-electron chi connectivity index (χ0n) is 15.0. The van der Waals surface area contributed by atoms with Crippen molar-refractivity contribution < 1.29 is 9.84 Å². The molecule has 3 unspecified atom stereocenters. The Kier molecular flexibility index (Phi) is 5.20. The lowest BCUT2D eigenvalue weighted by atomic mass is 9.83. The fourth-order valence-corrected chi connectivity index (χ4v) is 4.38. The van der Waals surface area contributed by atoms with Crippen LogP contribution in [0.4, 0.5) is 0 Å². The Hall–Kier alpha value is -1.95. The van der Waals surface area contributed by atoms with Crippen LogP contribution in [0.25, 0.3) is 0 Å². The Morgan fingerprint density at radius 3 is 2.77 bits per heavy atom. The zero-order chi connectivity index (χ0) is 17.9. The van der Waals surface area contributed by atoms with E-state index in [9.17, 15) is 9.90 Å². The Morgan fingerprint density at radius 2 is 1.92 bits per heavy atom. The van der Waals surface area contributed by atoms with Crippen molar-refractivity contribution in [3.05, 3.63) is 70.1 Å². The summed E-state index contributed by atoms with van der Waals surface area (Å²) in [6.45, 7) is 4.13. The molecule has 3 atom stereocenters. The Labute approximate surface area is 153 Å². The number of fused-ring (bicyclic) bond motifs is 4. The summed E-state index contributed by atoms with van der Waals surface area (Å²) < 4.78 is 7.61. The molecule has 5 heteroatoms. The van der Waals surface area contributed by atoms with Crippen molar-refractivity contribution in [3.8, 4) is 0 Å². The number of pyridine rings is 1. The number of aliphatic hydroxyl groups excluding tert-OH is 1. The summed E-state index contributed by atoms with van der Waals surface area (Å²) >= 11 is 0. The molecule has 0 radical (unpaired) electrons. The molecular weight excluding hydrogens is 328 g/mol. The molecule has 26 heavy (non-hydrogen) atoms. The van der Waals surface area contributed by atoms with Gasteiger partial charge in [-0.05, 0) is 24.0 Å². The summed E-state index contributed by atoms with van der Waals surface area (Å²) in [5.74, 6) is 0.868. The molecular formula is C21H26N2O3. The number of hydrogen-bond donors (Lipinski definition) is 1. The van der Waals surface area contributed by atoms with Crippen LogP contribution in [0.15, 0.2) is 53.3 Å². The van der Waals surface area contributed by atoms with Crippen molar-refractivity contribution in [2.24, 2.45) is 5.92 Å². The normalized spacial score (nSPS) is 23.4. The monoisotopic (exact) mass is 354 g/mol. The highest BCUT2D eigenvalue weighted by atomic mass is 16.5. The van der Waals surface area contributed by atoms with Gasteiger partial charge < -0.3 is 14.4 Å². The van der Waals surface area contributed by atoms with E-state index in [1.165, 1.54) is 0 Å². The first-order valence-electron chi connectivity index (χ1n) is 9.41. The van der Waals surface area contributed by atoms with Gasteiger partial charge in [0.15, 0.2) is 0 Å². The topological polar surface area (TPSA) is 54.7 Å². The lowest BCUT2D eigenvalue weighted by Gasteiger charge is -2.43. The van der Waals surface area contributed by atoms with Crippen molar-refractivity contribution in [1.29, 1.82) is 0 Å². The van der Waals surface area contributed by atoms with Gasteiger partial charge in [-0.2, -0.15) is 0 Å². The number of β-amino-alcohol motifs (C(OH)–C–C–N with tert-alkyl or cyclic N) is 1. The second-order valence-corrected chi connectivity index (χ2v) is 7.57. The summed E-state index contributed by atoms with van der Waals surface area (Å²) in [5.41, 5.74) is 2.38. The molecule has 3 heterocycles. The van der Waals surface area contributed by atoms with Crippen LogP contribution in [0.3, 0.4) is 0 Å². The van der Waals surface area contributed by atoms with E-state index in [1.54, 1.807) is 6.07 Å². The van der Waals surface area contributed by atoms with E-state index >= 15 is 0 Å². The van der Waals surface area contributed by atoms with E-state index in [0.29, 0.717) is 31.6 Å². The molecule has 2 aliphatic heterocycles. The first-order valence-corrected chi connectivity index (χ1v) is 9.41. The van der Waals surface area contributed by atoms with Gasteiger partial charge in [0, 0.05) is 43.9 Å². The third-order valence-corrected chi connectivity index (χ3v) is 5.45. The number of nitrogens with zero attached hydrogens (tertiary/aromatic N) is 2. The molecule has 0 amide bonds. The van der Waals surface area contributed by atoms with Gasteiger partial charge in [0.05, 0.1) is 19.3 Å². The summed E-state index contributed by atoms with van der Waals surface area (Å²) in [6.07, 6.45) is 0.649. The van der Waals surface area contributed by atoms with E-state index in [0.717, 1.165) is 37.3 Å². The number of likely N-dealkylation sites (tertiary alicyclic amines) is 1. The molecule has 0 saturated carbocycles. The van der Waals surface area contributed by atoms with Crippen LogP contribution in [0, 0.1) is 5.92 Å². The fraction of sp³-hybridized carbons (Fsp3) is 0.476. The number of aromatic nitrogens is 1. The number of hydrogen-bond acceptors (Lipinski definition) is 4. The molecule has 0 aliphatic carbocycles. The lowest BCUT2D eigenvalue weighted by molar-refractivity contribution is -0.00248. The van der Waals surface area contributed by atoms with Crippen molar-refractivity contribution >= 4 is 0 Å². The minimum Gasteiger partial charge on any atom is -0.389 e. The average molecular weight is 354 g/mol. The number of benzene rings is 1. The Morgan fingerprint density at radius 1 is 1.08 bits per heavy atom. The maximum absolute atomic E-state index is 12.1. The number of aliphatic hydroxyl groups is 1. The van der Waals surface area contributed by atoms with E-state index in [-0.39, 0.29) is 5.56 Å². The molecule has 2 aromatic rings. The molecule has 1 saturated heterocycles. The maximum atomic E-state index is 12.1. The standard InChI is InChI=1S/C21H26N2O3/c24-19(15-26-14-16-5-2-1-3-6-16)13-22-10-17-9-18(12-22)20-7-4-8-21(25)23(20)11-17/h1-8,17-19,24H,9-15H2. The highest BCUT2D eigenvalue weighted by Crippen LogP contribution is 2.34. The van der Waals surface area contributed by atoms with Gasteiger partial charge in [-0.15, -0.1) is 0 Å². The van der Waals surface area contributed by atoms with E-state index in [2.05, 4.69) is 11.0 Å². The predicted octanol–water partition coefficient (Wildman–Crippen LogP) is 1.85. The van der Waals surface area contributed by atoms with Gasteiger partial charge in [0.1, 0.15) is 0 Å². The zero-order valence-corrected chi connectivity index (χ0v) is 15.0. The first-order chi connectivity index (χ1) is 12.7. The highest BCUT2D eigenvalue weighted by Gasteiger charge is 2.34. The molecule has 0 spiro atoms. The summed E-state index contributed by atoms with van der Waals surface area (Å²) in [5, 5.41) is 10.4. The van der Waals surface area contributed by atoms with Crippen molar-refractivity contribution in [3.63, 3.8) is 0 Å². The molecule has 1 aromatic heterocycles. The van der Waals surface area contributed by atoms with Gasteiger partial charge >= 0.3 is 0 Å². The third kappa shape index (κ3) is 3.90.